The van der Waals surface area contributed by atoms with Crippen LogP contribution < -0.4 is 23.7 Å². The van der Waals surface area contributed by atoms with Gasteiger partial charge in [-0.05, 0) is 48.2 Å². The van der Waals surface area contributed by atoms with Gasteiger partial charge in [-0.15, -0.1) is 0 Å². The molecule has 0 spiro atoms. The van der Waals surface area contributed by atoms with Gasteiger partial charge in [0, 0.05) is 5.92 Å². The molecule has 3 heterocycles. The Hall–Kier alpha value is -3.09. The van der Waals surface area contributed by atoms with Crippen LogP contribution in [0.4, 0.5) is 0 Å². The molecule has 5 rings (SSSR count). The number of cyclic esters (lactones) is 1. The quantitative estimate of drug-likeness (QED) is 0.734. The molecule has 0 bridgehead atoms. The number of ether oxygens (including phenoxy) is 6. The highest BCUT2D eigenvalue weighted by Crippen LogP contribution is 2.43. The van der Waals surface area contributed by atoms with Gasteiger partial charge in [-0.1, -0.05) is 6.07 Å². The summed E-state index contributed by atoms with van der Waals surface area (Å²) < 4.78 is 32.5. The van der Waals surface area contributed by atoms with Gasteiger partial charge in [-0.3, -0.25) is 4.79 Å². The molecule has 3 aliphatic rings. The molecule has 146 valence electrons. The molecule has 0 amide bonds. The molecule has 7 heteroatoms. The first-order valence-corrected chi connectivity index (χ1v) is 9.23. The third-order valence-electron chi connectivity index (χ3n) is 5.42. The summed E-state index contributed by atoms with van der Waals surface area (Å²) in [7, 11) is 1.59. The Morgan fingerprint density at radius 1 is 0.893 bits per heavy atom. The van der Waals surface area contributed by atoms with Gasteiger partial charge in [0.25, 0.3) is 0 Å². The molecule has 0 saturated carbocycles. The standard InChI is InChI=1S/C21H20O7/c1-23-18-7-13(8-19-20(18)28-11-27-19)5-15-14(9-24-21(15)22)4-12-2-3-16-17(6-12)26-10-25-16/h2-3,6-8,14-15H,4-5,9-11H2,1H3/t14-,15+/m0/s1. The van der Waals surface area contributed by atoms with Crippen molar-refractivity contribution in [3.8, 4) is 28.7 Å². The second-order valence-electron chi connectivity index (χ2n) is 7.12. The molecule has 1 saturated heterocycles. The SMILES string of the molecule is COc1cc(C[C@H]2C(=O)OC[C@@H]2Cc2ccc3c(c2)OCO3)cc2c1OCO2. The van der Waals surface area contributed by atoms with Gasteiger partial charge in [0.2, 0.25) is 19.3 Å². The summed E-state index contributed by atoms with van der Waals surface area (Å²) in [6.07, 6.45) is 1.29. The fourth-order valence-electron chi connectivity index (χ4n) is 3.98. The van der Waals surface area contributed by atoms with E-state index in [1.54, 1.807) is 7.11 Å². The normalized spacial score (nSPS) is 21.7. The zero-order valence-corrected chi connectivity index (χ0v) is 15.4. The molecule has 0 radical (unpaired) electrons. The Bertz CT molecular complexity index is 923. The predicted molar refractivity (Wildman–Crippen MR) is 97.0 cm³/mol. The summed E-state index contributed by atoms with van der Waals surface area (Å²) in [6.45, 7) is 0.839. The van der Waals surface area contributed by atoms with E-state index in [1.807, 2.05) is 30.3 Å². The van der Waals surface area contributed by atoms with Crippen molar-refractivity contribution in [2.75, 3.05) is 27.3 Å². The van der Waals surface area contributed by atoms with Crippen molar-refractivity contribution in [3.05, 3.63) is 41.5 Å². The monoisotopic (exact) mass is 384 g/mol. The Morgan fingerprint density at radius 3 is 2.57 bits per heavy atom. The maximum Gasteiger partial charge on any atom is 0.309 e. The van der Waals surface area contributed by atoms with Crippen molar-refractivity contribution in [1.82, 2.24) is 0 Å². The summed E-state index contributed by atoms with van der Waals surface area (Å²) in [5, 5.41) is 0. The molecule has 2 aromatic carbocycles. The van der Waals surface area contributed by atoms with Crippen LogP contribution in [0.1, 0.15) is 11.1 Å². The fraction of sp³-hybridized carbons (Fsp3) is 0.381. The van der Waals surface area contributed by atoms with E-state index < -0.39 is 0 Å². The van der Waals surface area contributed by atoms with Crippen molar-refractivity contribution < 1.29 is 33.2 Å². The first kappa shape index (κ1) is 17.0. The van der Waals surface area contributed by atoms with E-state index >= 15 is 0 Å². The maximum atomic E-state index is 12.4. The molecule has 0 unspecified atom stereocenters. The number of methoxy groups -OCH3 is 1. The molecule has 28 heavy (non-hydrogen) atoms. The highest BCUT2D eigenvalue weighted by molar-refractivity contribution is 5.75. The average molecular weight is 384 g/mol. The van der Waals surface area contributed by atoms with Crippen LogP contribution in [0.2, 0.25) is 0 Å². The number of carbonyl (C=O) groups is 1. The largest absolute Gasteiger partial charge is 0.493 e. The minimum atomic E-state index is -0.226. The lowest BCUT2D eigenvalue weighted by atomic mass is 9.85. The zero-order chi connectivity index (χ0) is 19.1. The van der Waals surface area contributed by atoms with Crippen LogP contribution in [0.15, 0.2) is 30.3 Å². The summed E-state index contributed by atoms with van der Waals surface area (Å²) in [5.74, 6) is 3.07. The lowest BCUT2D eigenvalue weighted by Gasteiger charge is -2.16. The van der Waals surface area contributed by atoms with E-state index in [1.165, 1.54) is 0 Å². The number of carbonyl (C=O) groups excluding carboxylic acids is 1. The topological polar surface area (TPSA) is 72.5 Å². The van der Waals surface area contributed by atoms with Crippen LogP contribution in [-0.4, -0.2) is 33.3 Å². The lowest BCUT2D eigenvalue weighted by Crippen LogP contribution is -2.20. The van der Waals surface area contributed by atoms with Crippen molar-refractivity contribution in [2.45, 2.75) is 12.8 Å². The molecule has 0 aliphatic carbocycles. The third-order valence-corrected chi connectivity index (χ3v) is 5.42. The van der Waals surface area contributed by atoms with Gasteiger partial charge >= 0.3 is 5.97 Å². The number of hydrogen-bond donors (Lipinski definition) is 0. The minimum absolute atomic E-state index is 0.0873. The summed E-state index contributed by atoms with van der Waals surface area (Å²) in [5.41, 5.74) is 2.06. The second kappa shape index (κ2) is 6.82. The molecular weight excluding hydrogens is 364 g/mol. The van der Waals surface area contributed by atoms with Crippen LogP contribution in [0.3, 0.4) is 0 Å². The smallest absolute Gasteiger partial charge is 0.309 e. The van der Waals surface area contributed by atoms with Crippen LogP contribution in [-0.2, 0) is 22.4 Å². The van der Waals surface area contributed by atoms with Gasteiger partial charge in [0.1, 0.15) is 0 Å². The highest BCUT2D eigenvalue weighted by atomic mass is 16.7. The maximum absolute atomic E-state index is 12.4. The van der Waals surface area contributed by atoms with E-state index in [9.17, 15) is 4.79 Å². The summed E-state index contributed by atoms with van der Waals surface area (Å²) in [4.78, 5) is 12.4. The molecule has 0 N–H and O–H groups in total. The Balaban J connectivity index is 1.36. The van der Waals surface area contributed by atoms with E-state index in [0.29, 0.717) is 30.3 Å². The van der Waals surface area contributed by atoms with Crippen LogP contribution >= 0.6 is 0 Å². The fourth-order valence-corrected chi connectivity index (χ4v) is 3.98. The summed E-state index contributed by atoms with van der Waals surface area (Å²) in [6, 6.07) is 9.71. The first-order valence-electron chi connectivity index (χ1n) is 9.23. The molecule has 1 fully saturated rings. The van der Waals surface area contributed by atoms with Gasteiger partial charge in [-0.2, -0.15) is 0 Å². The van der Waals surface area contributed by atoms with Crippen molar-refractivity contribution >= 4 is 5.97 Å². The van der Waals surface area contributed by atoms with E-state index in [2.05, 4.69) is 0 Å². The van der Waals surface area contributed by atoms with Crippen molar-refractivity contribution in [2.24, 2.45) is 11.8 Å². The van der Waals surface area contributed by atoms with Crippen LogP contribution in [0, 0.1) is 11.8 Å². The van der Waals surface area contributed by atoms with Crippen LogP contribution in [0.25, 0.3) is 0 Å². The predicted octanol–water partition coefficient (Wildman–Crippen LogP) is 2.73. The Labute approximate surface area is 162 Å². The molecule has 2 atom stereocenters. The molecular formula is C21H20O7. The zero-order valence-electron chi connectivity index (χ0n) is 15.4. The highest BCUT2D eigenvalue weighted by Gasteiger charge is 2.37. The van der Waals surface area contributed by atoms with Gasteiger partial charge in [0.15, 0.2) is 23.0 Å². The Morgan fingerprint density at radius 2 is 1.68 bits per heavy atom. The van der Waals surface area contributed by atoms with Gasteiger partial charge in [-0.25, -0.2) is 0 Å². The second-order valence-corrected chi connectivity index (χ2v) is 7.12. The first-order chi connectivity index (χ1) is 13.7. The molecule has 3 aliphatic heterocycles. The van der Waals surface area contributed by atoms with Crippen molar-refractivity contribution in [1.29, 1.82) is 0 Å². The number of hydrogen-bond acceptors (Lipinski definition) is 7. The molecule has 7 nitrogen and oxygen atoms in total. The number of fused-ring (bicyclic) bond motifs is 2. The number of esters is 1. The summed E-state index contributed by atoms with van der Waals surface area (Å²) >= 11 is 0. The number of rotatable bonds is 5. The minimum Gasteiger partial charge on any atom is -0.493 e. The third kappa shape index (κ3) is 2.96. The van der Waals surface area contributed by atoms with E-state index in [-0.39, 0.29) is 31.4 Å². The van der Waals surface area contributed by atoms with Crippen LogP contribution in [0.5, 0.6) is 28.7 Å². The van der Waals surface area contributed by atoms with E-state index in [0.717, 1.165) is 29.0 Å². The van der Waals surface area contributed by atoms with Crippen molar-refractivity contribution in [3.63, 3.8) is 0 Å². The molecule has 0 aromatic heterocycles. The molecule has 2 aromatic rings. The lowest BCUT2D eigenvalue weighted by molar-refractivity contribution is -0.141. The van der Waals surface area contributed by atoms with E-state index in [4.69, 9.17) is 28.4 Å². The van der Waals surface area contributed by atoms with Gasteiger partial charge < -0.3 is 28.4 Å². The number of benzene rings is 2. The van der Waals surface area contributed by atoms with Gasteiger partial charge in [0.05, 0.1) is 19.6 Å². The Kier molecular flexibility index (Phi) is 4.15. The average Bonchev–Trinajstić information content (AvgIpc) is 3.43.